The zero-order valence-corrected chi connectivity index (χ0v) is 18.2. The van der Waals surface area contributed by atoms with Crippen LogP contribution in [0.25, 0.3) is 6.08 Å². The lowest BCUT2D eigenvalue weighted by Crippen LogP contribution is -2.50. The van der Waals surface area contributed by atoms with E-state index in [1.807, 2.05) is 30.3 Å². The van der Waals surface area contributed by atoms with Crippen molar-refractivity contribution in [3.8, 4) is 0 Å². The van der Waals surface area contributed by atoms with Crippen LogP contribution in [0.1, 0.15) is 50.5 Å². The van der Waals surface area contributed by atoms with Crippen LogP contribution in [0.3, 0.4) is 0 Å². The molecule has 0 atom stereocenters. The first-order valence-electron chi connectivity index (χ1n) is 10.7. The minimum atomic E-state index is -0.365. The maximum absolute atomic E-state index is 13.0. The van der Waals surface area contributed by atoms with Gasteiger partial charge >= 0.3 is 0 Å². The van der Waals surface area contributed by atoms with Gasteiger partial charge in [0.05, 0.1) is 11.1 Å². The largest absolute Gasteiger partial charge is 0.336 e. The Labute approximate surface area is 186 Å². The van der Waals surface area contributed by atoms with Crippen molar-refractivity contribution in [3.05, 3.63) is 76.9 Å². The van der Waals surface area contributed by atoms with E-state index in [2.05, 4.69) is 0 Å². The Kier molecular flexibility index (Phi) is 5.90. The van der Waals surface area contributed by atoms with E-state index in [0.29, 0.717) is 37.3 Å². The summed E-state index contributed by atoms with van der Waals surface area (Å²) in [7, 11) is 0. The van der Waals surface area contributed by atoms with E-state index >= 15 is 0 Å². The Hall–Kier alpha value is -3.74. The number of imide groups is 1. The van der Waals surface area contributed by atoms with E-state index in [4.69, 9.17) is 0 Å². The number of nitrogens with zero attached hydrogens (tertiary/aromatic N) is 3. The van der Waals surface area contributed by atoms with Gasteiger partial charge in [0.1, 0.15) is 0 Å². The highest BCUT2D eigenvalue weighted by Gasteiger charge is 2.37. The van der Waals surface area contributed by atoms with Crippen molar-refractivity contribution >= 4 is 29.7 Å². The normalized spacial score (nSPS) is 16.3. The molecule has 2 aromatic carbocycles. The number of carbonyl (C=O) groups excluding carboxylic acids is 4. The van der Waals surface area contributed by atoms with Gasteiger partial charge in [-0.15, -0.1) is 0 Å². The number of benzene rings is 2. The first kappa shape index (κ1) is 21.5. The Bertz CT molecular complexity index is 1100. The molecule has 2 aromatic rings. The average Bonchev–Trinajstić information content (AvgIpc) is 3.07. The van der Waals surface area contributed by atoms with Crippen molar-refractivity contribution in [3.63, 3.8) is 0 Å². The van der Waals surface area contributed by atoms with Gasteiger partial charge in [-0.3, -0.25) is 24.1 Å². The van der Waals surface area contributed by atoms with Gasteiger partial charge in [0, 0.05) is 43.9 Å². The van der Waals surface area contributed by atoms with Crippen molar-refractivity contribution in [2.75, 3.05) is 26.2 Å². The van der Waals surface area contributed by atoms with Crippen molar-refractivity contribution in [1.82, 2.24) is 14.7 Å². The molecule has 0 saturated carbocycles. The molecule has 1 fully saturated rings. The fraction of sp³-hybridized carbons (Fsp3) is 0.280. The Balaban J connectivity index is 1.39. The molecule has 0 aromatic heterocycles. The molecule has 0 radical (unpaired) electrons. The molecule has 0 bridgehead atoms. The van der Waals surface area contributed by atoms with Gasteiger partial charge in [0.25, 0.3) is 17.7 Å². The standard InChI is InChI=1S/C25H25N3O4/c1-17(2)28-24(31)20-10-9-19(16-21(20)25(28)32)23(30)27-14-12-26(13-15-27)22(29)11-8-18-6-4-3-5-7-18/h3-11,16-17H,12-15H2,1-2H3/b11-8+. The molecular formula is C25H25N3O4. The number of hydrogen-bond acceptors (Lipinski definition) is 4. The third-order valence-corrected chi connectivity index (χ3v) is 5.78. The van der Waals surface area contributed by atoms with Gasteiger partial charge in [-0.05, 0) is 43.7 Å². The minimum absolute atomic E-state index is 0.0867. The third-order valence-electron chi connectivity index (χ3n) is 5.78. The van der Waals surface area contributed by atoms with Crippen molar-refractivity contribution in [2.45, 2.75) is 19.9 Å². The van der Waals surface area contributed by atoms with Gasteiger partial charge in [-0.25, -0.2) is 0 Å². The molecule has 4 rings (SSSR count). The second-order valence-corrected chi connectivity index (χ2v) is 8.20. The molecule has 2 heterocycles. The van der Waals surface area contributed by atoms with Crippen LogP contribution in [0.2, 0.25) is 0 Å². The third kappa shape index (κ3) is 4.06. The molecule has 32 heavy (non-hydrogen) atoms. The Morgan fingerprint density at radius 1 is 0.844 bits per heavy atom. The summed E-state index contributed by atoms with van der Waals surface area (Å²) in [5.74, 6) is -0.982. The molecule has 0 aliphatic carbocycles. The van der Waals surface area contributed by atoms with Crippen LogP contribution in [0.4, 0.5) is 0 Å². The molecule has 4 amide bonds. The predicted molar refractivity (Wildman–Crippen MR) is 120 cm³/mol. The molecule has 1 saturated heterocycles. The second kappa shape index (κ2) is 8.78. The van der Waals surface area contributed by atoms with Gasteiger partial charge < -0.3 is 9.80 Å². The highest BCUT2D eigenvalue weighted by Crippen LogP contribution is 2.26. The summed E-state index contributed by atoms with van der Waals surface area (Å²) in [6.07, 6.45) is 3.33. The average molecular weight is 431 g/mol. The molecule has 0 unspecified atom stereocenters. The number of carbonyl (C=O) groups is 4. The molecule has 7 heteroatoms. The van der Waals surface area contributed by atoms with E-state index in [1.165, 1.54) is 11.0 Å². The number of hydrogen-bond donors (Lipinski definition) is 0. The van der Waals surface area contributed by atoms with E-state index in [9.17, 15) is 19.2 Å². The maximum Gasteiger partial charge on any atom is 0.261 e. The van der Waals surface area contributed by atoms with E-state index < -0.39 is 0 Å². The SMILES string of the molecule is CC(C)N1C(=O)c2ccc(C(=O)N3CCN(C(=O)/C=C/c4ccccc4)CC3)cc2C1=O. The smallest absolute Gasteiger partial charge is 0.261 e. The van der Waals surface area contributed by atoms with Crippen molar-refractivity contribution in [2.24, 2.45) is 0 Å². The van der Waals surface area contributed by atoms with Gasteiger partial charge in [0.2, 0.25) is 5.91 Å². The summed E-state index contributed by atoms with van der Waals surface area (Å²) in [6.45, 7) is 5.26. The summed E-state index contributed by atoms with van der Waals surface area (Å²) in [4.78, 5) is 55.1. The van der Waals surface area contributed by atoms with E-state index in [0.717, 1.165) is 5.56 Å². The lowest BCUT2D eigenvalue weighted by atomic mass is 10.0. The Morgan fingerprint density at radius 3 is 2.12 bits per heavy atom. The van der Waals surface area contributed by atoms with Crippen LogP contribution < -0.4 is 0 Å². The minimum Gasteiger partial charge on any atom is -0.336 e. The van der Waals surface area contributed by atoms with Crippen LogP contribution in [-0.2, 0) is 4.79 Å². The van der Waals surface area contributed by atoms with E-state index in [1.54, 1.807) is 47.9 Å². The second-order valence-electron chi connectivity index (χ2n) is 8.20. The van der Waals surface area contributed by atoms with Gasteiger partial charge in [-0.1, -0.05) is 30.3 Å². The summed E-state index contributed by atoms with van der Waals surface area (Å²) in [6, 6.07) is 14.0. The maximum atomic E-state index is 13.0. The molecular weight excluding hydrogens is 406 g/mol. The number of fused-ring (bicyclic) bond motifs is 1. The zero-order chi connectivity index (χ0) is 22.8. The Morgan fingerprint density at radius 2 is 1.47 bits per heavy atom. The number of rotatable bonds is 4. The molecule has 0 N–H and O–H groups in total. The lowest BCUT2D eigenvalue weighted by Gasteiger charge is -2.34. The quantitative estimate of drug-likeness (QED) is 0.551. The van der Waals surface area contributed by atoms with Crippen molar-refractivity contribution < 1.29 is 19.2 Å². The van der Waals surface area contributed by atoms with Gasteiger partial charge in [-0.2, -0.15) is 0 Å². The fourth-order valence-corrected chi connectivity index (χ4v) is 4.01. The molecule has 164 valence electrons. The van der Waals surface area contributed by atoms with E-state index in [-0.39, 0.29) is 35.2 Å². The first-order chi connectivity index (χ1) is 15.4. The summed E-state index contributed by atoms with van der Waals surface area (Å²) >= 11 is 0. The molecule has 2 aliphatic rings. The molecule has 7 nitrogen and oxygen atoms in total. The lowest BCUT2D eigenvalue weighted by molar-refractivity contribution is -0.127. The zero-order valence-electron chi connectivity index (χ0n) is 18.2. The van der Waals surface area contributed by atoms with Crippen LogP contribution in [-0.4, -0.2) is 70.5 Å². The van der Waals surface area contributed by atoms with Crippen LogP contribution in [0.5, 0.6) is 0 Å². The fourth-order valence-electron chi connectivity index (χ4n) is 4.01. The molecule has 0 spiro atoms. The highest BCUT2D eigenvalue weighted by atomic mass is 16.2. The summed E-state index contributed by atoms with van der Waals surface area (Å²) in [5, 5.41) is 0. The number of piperazine rings is 1. The molecule has 2 aliphatic heterocycles. The van der Waals surface area contributed by atoms with Gasteiger partial charge in [0.15, 0.2) is 0 Å². The first-order valence-corrected chi connectivity index (χ1v) is 10.7. The predicted octanol–water partition coefficient (Wildman–Crippen LogP) is 2.69. The monoisotopic (exact) mass is 431 g/mol. The van der Waals surface area contributed by atoms with Crippen molar-refractivity contribution in [1.29, 1.82) is 0 Å². The summed E-state index contributed by atoms with van der Waals surface area (Å²) < 4.78 is 0. The topological polar surface area (TPSA) is 78.0 Å². The van der Waals surface area contributed by atoms with Crippen LogP contribution >= 0.6 is 0 Å². The van der Waals surface area contributed by atoms with Crippen LogP contribution in [0, 0.1) is 0 Å². The van der Waals surface area contributed by atoms with Crippen LogP contribution in [0.15, 0.2) is 54.6 Å². The highest BCUT2D eigenvalue weighted by molar-refractivity contribution is 6.22. The number of amides is 4. The summed E-state index contributed by atoms with van der Waals surface area (Å²) in [5.41, 5.74) is 1.94.